The van der Waals surface area contributed by atoms with E-state index in [0.717, 1.165) is 31.9 Å². The molecule has 0 saturated carbocycles. The number of anilines is 1. The highest BCUT2D eigenvalue weighted by atomic mass is 15.2. The number of fused-ring (bicyclic) bond motifs is 1. The summed E-state index contributed by atoms with van der Waals surface area (Å²) >= 11 is 0. The zero-order chi connectivity index (χ0) is 11.5. The molecule has 0 amide bonds. The molecule has 1 aliphatic rings. The van der Waals surface area contributed by atoms with Gasteiger partial charge in [0.25, 0.3) is 0 Å². The molecule has 1 aromatic heterocycles. The Hall–Kier alpha value is -1.09. The van der Waals surface area contributed by atoms with Crippen LogP contribution in [0.3, 0.4) is 0 Å². The number of nitrogens with zero attached hydrogens (tertiary/aromatic N) is 2. The van der Waals surface area contributed by atoms with E-state index in [-0.39, 0.29) is 0 Å². The average molecular weight is 219 g/mol. The molecular weight excluding hydrogens is 198 g/mol. The van der Waals surface area contributed by atoms with Crippen molar-refractivity contribution in [1.29, 1.82) is 0 Å². The van der Waals surface area contributed by atoms with E-state index in [2.05, 4.69) is 43.2 Å². The van der Waals surface area contributed by atoms with Crippen LogP contribution in [0.1, 0.15) is 31.0 Å². The fourth-order valence-electron chi connectivity index (χ4n) is 2.14. The van der Waals surface area contributed by atoms with Crippen LogP contribution in [0.25, 0.3) is 0 Å². The second-order valence-electron chi connectivity index (χ2n) is 4.58. The average Bonchev–Trinajstić information content (AvgIpc) is 2.50. The lowest BCUT2D eigenvalue weighted by Crippen LogP contribution is -2.20. The summed E-state index contributed by atoms with van der Waals surface area (Å²) in [5.74, 6) is 1.61. The number of aromatic nitrogens is 1. The molecule has 2 rings (SSSR count). The zero-order valence-corrected chi connectivity index (χ0v) is 10.5. The van der Waals surface area contributed by atoms with Gasteiger partial charge < -0.3 is 10.2 Å². The highest BCUT2D eigenvalue weighted by molar-refractivity contribution is 5.42. The maximum absolute atomic E-state index is 4.81. The second-order valence-corrected chi connectivity index (χ2v) is 4.58. The van der Waals surface area contributed by atoms with Crippen molar-refractivity contribution in [2.45, 2.75) is 26.2 Å². The molecule has 88 valence electrons. The maximum atomic E-state index is 4.81. The zero-order valence-electron chi connectivity index (χ0n) is 10.5. The first-order valence-electron chi connectivity index (χ1n) is 6.14. The van der Waals surface area contributed by atoms with Crippen LogP contribution < -0.4 is 10.2 Å². The summed E-state index contributed by atoms with van der Waals surface area (Å²) in [6, 6.07) is 4.38. The topological polar surface area (TPSA) is 28.2 Å². The maximum Gasteiger partial charge on any atom is 0.128 e. The van der Waals surface area contributed by atoms with E-state index in [4.69, 9.17) is 4.98 Å². The van der Waals surface area contributed by atoms with Crippen LogP contribution in [0.15, 0.2) is 12.1 Å². The molecule has 3 nitrogen and oxygen atoms in total. The number of nitrogens with one attached hydrogen (secondary N) is 1. The third-order valence-electron chi connectivity index (χ3n) is 3.35. The molecule has 1 aromatic rings. The van der Waals surface area contributed by atoms with Crippen LogP contribution in [0.5, 0.6) is 0 Å². The lowest BCUT2D eigenvalue weighted by Gasteiger charge is -2.19. The first-order chi connectivity index (χ1) is 7.72. The van der Waals surface area contributed by atoms with Crippen molar-refractivity contribution in [1.82, 2.24) is 10.3 Å². The Balaban J connectivity index is 2.35. The smallest absolute Gasteiger partial charge is 0.128 e. The minimum absolute atomic E-state index is 0.516. The highest BCUT2D eigenvalue weighted by Gasteiger charge is 2.16. The van der Waals surface area contributed by atoms with Crippen molar-refractivity contribution in [3.63, 3.8) is 0 Å². The molecule has 16 heavy (non-hydrogen) atoms. The van der Waals surface area contributed by atoms with E-state index in [9.17, 15) is 0 Å². The Bertz CT molecular complexity index is 362. The van der Waals surface area contributed by atoms with Gasteiger partial charge >= 0.3 is 0 Å². The lowest BCUT2D eigenvalue weighted by atomic mass is 10.0. The minimum Gasteiger partial charge on any atom is -0.360 e. The molecule has 1 atom stereocenters. The Morgan fingerprint density at radius 3 is 3.06 bits per heavy atom. The molecule has 0 fully saturated rings. The summed E-state index contributed by atoms with van der Waals surface area (Å²) in [7, 11) is 2.09. The van der Waals surface area contributed by atoms with E-state index in [0.29, 0.717) is 5.92 Å². The van der Waals surface area contributed by atoms with Crippen molar-refractivity contribution in [2.24, 2.45) is 0 Å². The number of hydrogen-bond donors (Lipinski definition) is 1. The van der Waals surface area contributed by atoms with Crippen LogP contribution in [0, 0.1) is 0 Å². The van der Waals surface area contributed by atoms with Crippen LogP contribution in [-0.4, -0.2) is 31.7 Å². The van der Waals surface area contributed by atoms with Gasteiger partial charge in [-0.15, -0.1) is 0 Å². The van der Waals surface area contributed by atoms with Gasteiger partial charge in [0.15, 0.2) is 0 Å². The molecule has 2 heterocycles. The fraction of sp³-hybridized carbons (Fsp3) is 0.615. The van der Waals surface area contributed by atoms with Crippen molar-refractivity contribution in [3.8, 4) is 0 Å². The van der Waals surface area contributed by atoms with Gasteiger partial charge in [-0.05, 0) is 31.5 Å². The first kappa shape index (κ1) is 11.4. The Morgan fingerprint density at radius 1 is 1.50 bits per heavy atom. The van der Waals surface area contributed by atoms with Gasteiger partial charge in [-0.1, -0.05) is 13.0 Å². The molecular formula is C13H21N3. The van der Waals surface area contributed by atoms with E-state index >= 15 is 0 Å². The summed E-state index contributed by atoms with van der Waals surface area (Å²) in [6.07, 6.45) is 1.10. The predicted octanol–water partition coefficient (Wildman–Crippen LogP) is 1.79. The van der Waals surface area contributed by atoms with Crippen LogP contribution in [-0.2, 0) is 6.42 Å². The van der Waals surface area contributed by atoms with Gasteiger partial charge in [-0.25, -0.2) is 4.98 Å². The normalized spacial score (nSPS) is 20.1. The van der Waals surface area contributed by atoms with Crippen molar-refractivity contribution < 1.29 is 0 Å². The Morgan fingerprint density at radius 2 is 2.31 bits per heavy atom. The van der Waals surface area contributed by atoms with E-state index in [1.54, 1.807) is 0 Å². The van der Waals surface area contributed by atoms with Gasteiger partial charge in [0.1, 0.15) is 5.82 Å². The standard InChI is InChI=1S/C13H21N3/c1-4-16(3)12-6-5-11-7-8-14-9-10(2)13(11)15-12/h5-6,10,14H,4,7-9H2,1-3H3/t10-/m0/s1. The van der Waals surface area contributed by atoms with Crippen molar-refractivity contribution in [2.75, 3.05) is 31.6 Å². The number of rotatable bonds is 2. The predicted molar refractivity (Wildman–Crippen MR) is 68.2 cm³/mol. The summed E-state index contributed by atoms with van der Waals surface area (Å²) < 4.78 is 0. The molecule has 1 aliphatic heterocycles. The third kappa shape index (κ3) is 2.19. The molecule has 1 N–H and O–H groups in total. The number of pyridine rings is 1. The van der Waals surface area contributed by atoms with Crippen molar-refractivity contribution >= 4 is 5.82 Å². The summed E-state index contributed by atoms with van der Waals surface area (Å²) in [4.78, 5) is 7.00. The number of hydrogen-bond acceptors (Lipinski definition) is 3. The van der Waals surface area contributed by atoms with Gasteiger partial charge in [0, 0.05) is 26.1 Å². The Kier molecular flexibility index (Phi) is 3.44. The molecule has 0 spiro atoms. The van der Waals surface area contributed by atoms with E-state index in [1.165, 1.54) is 11.3 Å². The Labute approximate surface area is 97.9 Å². The van der Waals surface area contributed by atoms with E-state index < -0.39 is 0 Å². The molecule has 3 heteroatoms. The van der Waals surface area contributed by atoms with Gasteiger partial charge in [0.05, 0.1) is 5.69 Å². The van der Waals surface area contributed by atoms with Crippen LogP contribution >= 0.6 is 0 Å². The third-order valence-corrected chi connectivity index (χ3v) is 3.35. The highest BCUT2D eigenvalue weighted by Crippen LogP contribution is 2.23. The minimum atomic E-state index is 0.516. The van der Waals surface area contributed by atoms with Gasteiger partial charge in [-0.3, -0.25) is 0 Å². The molecule has 0 aliphatic carbocycles. The lowest BCUT2D eigenvalue weighted by molar-refractivity contribution is 0.635. The first-order valence-corrected chi connectivity index (χ1v) is 6.14. The summed E-state index contributed by atoms with van der Waals surface area (Å²) in [6.45, 7) is 7.51. The fourth-order valence-corrected chi connectivity index (χ4v) is 2.14. The molecule has 0 unspecified atom stereocenters. The quantitative estimate of drug-likeness (QED) is 0.822. The van der Waals surface area contributed by atoms with E-state index in [1.807, 2.05) is 0 Å². The monoisotopic (exact) mass is 219 g/mol. The SMILES string of the molecule is CCN(C)c1ccc2c(n1)[C@@H](C)CNCC2. The molecule has 0 aromatic carbocycles. The second kappa shape index (κ2) is 4.83. The molecule has 0 saturated heterocycles. The van der Waals surface area contributed by atoms with Gasteiger partial charge in [-0.2, -0.15) is 0 Å². The van der Waals surface area contributed by atoms with Gasteiger partial charge in [0.2, 0.25) is 0 Å². The molecule has 0 bridgehead atoms. The molecule has 0 radical (unpaired) electrons. The largest absolute Gasteiger partial charge is 0.360 e. The summed E-state index contributed by atoms with van der Waals surface area (Å²) in [5, 5.41) is 3.45. The van der Waals surface area contributed by atoms with Crippen LogP contribution in [0.2, 0.25) is 0 Å². The summed E-state index contributed by atoms with van der Waals surface area (Å²) in [5.41, 5.74) is 2.69. The van der Waals surface area contributed by atoms with Crippen molar-refractivity contribution in [3.05, 3.63) is 23.4 Å². The van der Waals surface area contributed by atoms with Crippen LogP contribution in [0.4, 0.5) is 5.82 Å².